The van der Waals surface area contributed by atoms with E-state index in [1.54, 1.807) is 11.3 Å². The molecule has 1 unspecified atom stereocenters. The van der Waals surface area contributed by atoms with E-state index >= 15 is 0 Å². The largest absolute Gasteiger partial charge is 0.481 e. The topological polar surface area (TPSA) is 79.3 Å². The van der Waals surface area contributed by atoms with Gasteiger partial charge in [0.1, 0.15) is 5.01 Å². The van der Waals surface area contributed by atoms with Gasteiger partial charge in [0.25, 0.3) is 0 Å². The molecule has 1 fully saturated rings. The van der Waals surface area contributed by atoms with Crippen molar-refractivity contribution in [1.29, 1.82) is 0 Å². The molecule has 5 nitrogen and oxygen atoms in total. The molecule has 1 saturated carbocycles. The number of nitrogens with zero attached hydrogens (tertiary/aromatic N) is 1. The maximum atomic E-state index is 12.5. The number of aromatic nitrogens is 1. The Kier molecular flexibility index (Phi) is 5.48. The van der Waals surface area contributed by atoms with Crippen molar-refractivity contribution in [3.8, 4) is 11.3 Å². The normalized spacial score (nSPS) is 21.5. The maximum absolute atomic E-state index is 12.5. The van der Waals surface area contributed by atoms with E-state index in [0.29, 0.717) is 25.7 Å². The summed E-state index contributed by atoms with van der Waals surface area (Å²) in [5.41, 5.74) is 1.99. The Morgan fingerprint density at radius 1 is 1.16 bits per heavy atom. The van der Waals surface area contributed by atoms with Crippen LogP contribution in [-0.4, -0.2) is 22.0 Å². The van der Waals surface area contributed by atoms with Crippen LogP contribution in [0, 0.1) is 11.8 Å². The van der Waals surface area contributed by atoms with Crippen molar-refractivity contribution >= 4 is 23.2 Å². The molecule has 25 heavy (non-hydrogen) atoms. The third kappa shape index (κ3) is 4.25. The number of rotatable bonds is 5. The number of carbonyl (C=O) groups is 2. The summed E-state index contributed by atoms with van der Waals surface area (Å²) < 4.78 is 0. The van der Waals surface area contributed by atoms with E-state index in [0.717, 1.165) is 16.3 Å². The number of nitrogens with one attached hydrogen (secondary N) is 1. The Labute approximate surface area is 151 Å². The third-order valence-corrected chi connectivity index (χ3v) is 5.80. The second kappa shape index (κ2) is 7.78. The summed E-state index contributed by atoms with van der Waals surface area (Å²) in [6.45, 7) is 1.94. The maximum Gasteiger partial charge on any atom is 0.306 e. The molecule has 2 aromatic rings. The molecule has 2 N–H and O–H groups in total. The highest BCUT2D eigenvalue weighted by Crippen LogP contribution is 2.30. The standard InChI is InChI=1S/C19H22N2O3S/c1-12(18-21-16(11-25-18)13-5-3-2-4-6-13)20-17(22)14-7-9-15(10-8-14)19(23)24/h2-6,11-12,14-15H,7-10H2,1H3,(H,20,22)(H,23,24). The lowest BCUT2D eigenvalue weighted by Gasteiger charge is -2.26. The van der Waals surface area contributed by atoms with Gasteiger partial charge in [0, 0.05) is 16.9 Å². The smallest absolute Gasteiger partial charge is 0.306 e. The van der Waals surface area contributed by atoms with Crippen molar-refractivity contribution < 1.29 is 14.7 Å². The number of aliphatic carboxylic acids is 1. The number of carboxylic acids is 1. The van der Waals surface area contributed by atoms with E-state index in [4.69, 9.17) is 5.11 Å². The molecule has 0 saturated heterocycles. The number of hydrogen-bond acceptors (Lipinski definition) is 4. The highest BCUT2D eigenvalue weighted by atomic mass is 32.1. The first kappa shape index (κ1) is 17.6. The van der Waals surface area contributed by atoms with Gasteiger partial charge in [-0.3, -0.25) is 9.59 Å². The van der Waals surface area contributed by atoms with Crippen molar-refractivity contribution in [2.45, 2.75) is 38.6 Å². The fraction of sp³-hybridized carbons (Fsp3) is 0.421. The number of carbonyl (C=O) groups excluding carboxylic acids is 1. The first-order chi connectivity index (χ1) is 12.0. The molecule has 1 aromatic carbocycles. The molecule has 1 heterocycles. The molecule has 132 valence electrons. The molecular formula is C19H22N2O3S. The van der Waals surface area contributed by atoms with Gasteiger partial charge in [-0.2, -0.15) is 0 Å². The fourth-order valence-electron chi connectivity index (χ4n) is 3.22. The average molecular weight is 358 g/mol. The summed E-state index contributed by atoms with van der Waals surface area (Å²) in [5, 5.41) is 15.0. The molecule has 1 aliphatic carbocycles. The van der Waals surface area contributed by atoms with E-state index in [1.165, 1.54) is 0 Å². The third-order valence-electron chi connectivity index (χ3n) is 4.77. The van der Waals surface area contributed by atoms with Gasteiger partial charge in [-0.25, -0.2) is 4.98 Å². The van der Waals surface area contributed by atoms with Crippen LogP contribution in [0.4, 0.5) is 0 Å². The predicted molar refractivity (Wildman–Crippen MR) is 97.2 cm³/mol. The van der Waals surface area contributed by atoms with Crippen LogP contribution in [0.5, 0.6) is 0 Å². The minimum absolute atomic E-state index is 0.00722. The van der Waals surface area contributed by atoms with Gasteiger partial charge in [0.05, 0.1) is 17.7 Å². The minimum atomic E-state index is -0.747. The molecule has 1 amide bonds. The molecule has 0 radical (unpaired) electrons. The first-order valence-electron chi connectivity index (χ1n) is 8.58. The van der Waals surface area contributed by atoms with E-state index in [-0.39, 0.29) is 23.8 Å². The molecule has 1 atom stereocenters. The highest BCUT2D eigenvalue weighted by molar-refractivity contribution is 7.10. The van der Waals surface area contributed by atoms with E-state index < -0.39 is 5.97 Å². The fourth-order valence-corrected chi connectivity index (χ4v) is 4.06. The lowest BCUT2D eigenvalue weighted by Crippen LogP contribution is -2.35. The molecule has 1 aromatic heterocycles. The van der Waals surface area contributed by atoms with Gasteiger partial charge < -0.3 is 10.4 Å². The van der Waals surface area contributed by atoms with Gasteiger partial charge in [-0.1, -0.05) is 30.3 Å². The Balaban J connectivity index is 1.57. The zero-order chi connectivity index (χ0) is 17.8. The van der Waals surface area contributed by atoms with Crippen molar-refractivity contribution in [2.24, 2.45) is 11.8 Å². The lowest BCUT2D eigenvalue weighted by molar-refractivity contribution is -0.144. The minimum Gasteiger partial charge on any atom is -0.481 e. The van der Waals surface area contributed by atoms with E-state index in [9.17, 15) is 9.59 Å². The molecule has 6 heteroatoms. The van der Waals surface area contributed by atoms with Gasteiger partial charge in [-0.15, -0.1) is 11.3 Å². The highest BCUT2D eigenvalue weighted by Gasteiger charge is 2.30. The molecule has 3 rings (SSSR count). The molecule has 0 bridgehead atoms. The first-order valence-corrected chi connectivity index (χ1v) is 9.46. The zero-order valence-corrected chi connectivity index (χ0v) is 15.0. The zero-order valence-electron chi connectivity index (χ0n) is 14.1. The van der Waals surface area contributed by atoms with Crippen molar-refractivity contribution in [2.75, 3.05) is 0 Å². The number of hydrogen-bond donors (Lipinski definition) is 2. The monoisotopic (exact) mass is 358 g/mol. The second-order valence-electron chi connectivity index (χ2n) is 6.55. The van der Waals surface area contributed by atoms with Crippen LogP contribution >= 0.6 is 11.3 Å². The average Bonchev–Trinajstić information content (AvgIpc) is 3.13. The summed E-state index contributed by atoms with van der Waals surface area (Å²) >= 11 is 1.54. The summed E-state index contributed by atoms with van der Waals surface area (Å²) in [6, 6.07) is 9.82. The van der Waals surface area contributed by atoms with E-state index in [2.05, 4.69) is 10.3 Å². The van der Waals surface area contributed by atoms with Gasteiger partial charge in [0.2, 0.25) is 5.91 Å². The number of thiazole rings is 1. The van der Waals surface area contributed by atoms with Crippen molar-refractivity contribution in [1.82, 2.24) is 10.3 Å². The van der Waals surface area contributed by atoms with Gasteiger partial charge >= 0.3 is 5.97 Å². The van der Waals surface area contributed by atoms with Gasteiger partial charge in [0.15, 0.2) is 0 Å². The van der Waals surface area contributed by atoms with Crippen LogP contribution in [0.15, 0.2) is 35.7 Å². The van der Waals surface area contributed by atoms with Crippen molar-refractivity contribution in [3.05, 3.63) is 40.7 Å². The number of carboxylic acid groups (broad SMARTS) is 1. The number of benzene rings is 1. The summed E-state index contributed by atoms with van der Waals surface area (Å²) in [7, 11) is 0. The molecule has 0 spiro atoms. The molecule has 1 aliphatic rings. The molecular weight excluding hydrogens is 336 g/mol. The Hall–Kier alpha value is -2.21. The summed E-state index contributed by atoms with van der Waals surface area (Å²) in [6.07, 6.45) is 2.44. The SMILES string of the molecule is CC(NC(=O)C1CCC(C(=O)O)CC1)c1nc(-c2ccccc2)cs1. The van der Waals surface area contributed by atoms with Crippen LogP contribution < -0.4 is 5.32 Å². The lowest BCUT2D eigenvalue weighted by atomic mass is 9.81. The van der Waals surface area contributed by atoms with Crippen LogP contribution in [0.1, 0.15) is 43.7 Å². The van der Waals surface area contributed by atoms with Crippen LogP contribution in [0.3, 0.4) is 0 Å². The number of amides is 1. The summed E-state index contributed by atoms with van der Waals surface area (Å²) in [5.74, 6) is -1.13. The van der Waals surface area contributed by atoms with Crippen LogP contribution in [-0.2, 0) is 9.59 Å². The van der Waals surface area contributed by atoms with Crippen LogP contribution in [0.2, 0.25) is 0 Å². The molecule has 0 aliphatic heterocycles. The van der Waals surface area contributed by atoms with Crippen molar-refractivity contribution in [3.63, 3.8) is 0 Å². The predicted octanol–water partition coefficient (Wildman–Crippen LogP) is 3.88. The van der Waals surface area contributed by atoms with E-state index in [1.807, 2.05) is 42.6 Å². The van der Waals surface area contributed by atoms with Gasteiger partial charge in [-0.05, 0) is 32.6 Å². The Morgan fingerprint density at radius 3 is 2.44 bits per heavy atom. The Bertz CT molecular complexity index is 736. The van der Waals surface area contributed by atoms with Crippen LogP contribution in [0.25, 0.3) is 11.3 Å². The summed E-state index contributed by atoms with van der Waals surface area (Å²) in [4.78, 5) is 28.1. The second-order valence-corrected chi connectivity index (χ2v) is 7.44. The quantitative estimate of drug-likeness (QED) is 0.850. The Morgan fingerprint density at radius 2 is 1.80 bits per heavy atom.